The summed E-state index contributed by atoms with van der Waals surface area (Å²) in [5.74, 6) is -0.386. The van der Waals surface area contributed by atoms with E-state index in [-0.39, 0.29) is 5.97 Å². The third kappa shape index (κ3) is 1.92. The SMILES string of the molecule is COC(=O)C(N)Cc1cccc2cc[nH]c12. The van der Waals surface area contributed by atoms with Gasteiger partial charge in [-0.2, -0.15) is 0 Å². The molecule has 4 heteroatoms. The van der Waals surface area contributed by atoms with Gasteiger partial charge in [-0.3, -0.25) is 4.79 Å². The van der Waals surface area contributed by atoms with E-state index in [2.05, 4.69) is 9.72 Å². The molecule has 0 aliphatic carbocycles. The second-order valence-corrected chi connectivity index (χ2v) is 3.69. The average molecular weight is 218 g/mol. The van der Waals surface area contributed by atoms with E-state index in [4.69, 9.17) is 5.73 Å². The Hall–Kier alpha value is -1.81. The van der Waals surface area contributed by atoms with Crippen molar-refractivity contribution >= 4 is 16.9 Å². The molecule has 0 bridgehead atoms. The molecule has 0 saturated heterocycles. The van der Waals surface area contributed by atoms with E-state index in [9.17, 15) is 4.79 Å². The van der Waals surface area contributed by atoms with Crippen molar-refractivity contribution < 1.29 is 9.53 Å². The van der Waals surface area contributed by atoms with E-state index in [1.165, 1.54) is 7.11 Å². The van der Waals surface area contributed by atoms with Gasteiger partial charge in [0.1, 0.15) is 6.04 Å². The molecule has 1 aromatic heterocycles. The Bertz CT molecular complexity index is 504. The van der Waals surface area contributed by atoms with Crippen molar-refractivity contribution in [2.24, 2.45) is 5.73 Å². The molecule has 0 saturated carbocycles. The van der Waals surface area contributed by atoms with Crippen LogP contribution >= 0.6 is 0 Å². The predicted molar refractivity (Wildman–Crippen MR) is 62.0 cm³/mol. The van der Waals surface area contributed by atoms with Crippen molar-refractivity contribution in [1.29, 1.82) is 0 Å². The second kappa shape index (κ2) is 4.37. The van der Waals surface area contributed by atoms with E-state index < -0.39 is 6.04 Å². The van der Waals surface area contributed by atoms with Gasteiger partial charge in [-0.15, -0.1) is 0 Å². The maximum absolute atomic E-state index is 11.2. The minimum atomic E-state index is -0.612. The number of rotatable bonds is 3. The summed E-state index contributed by atoms with van der Waals surface area (Å²) in [4.78, 5) is 14.4. The van der Waals surface area contributed by atoms with Crippen molar-refractivity contribution in [1.82, 2.24) is 4.98 Å². The monoisotopic (exact) mass is 218 g/mol. The van der Waals surface area contributed by atoms with Crippen molar-refractivity contribution in [2.45, 2.75) is 12.5 Å². The van der Waals surface area contributed by atoms with Crippen LogP contribution in [0.3, 0.4) is 0 Å². The Kier molecular flexibility index (Phi) is 2.92. The first-order valence-corrected chi connectivity index (χ1v) is 5.11. The minimum Gasteiger partial charge on any atom is -0.468 e. The van der Waals surface area contributed by atoms with E-state index >= 15 is 0 Å². The van der Waals surface area contributed by atoms with Gasteiger partial charge in [0.25, 0.3) is 0 Å². The zero-order chi connectivity index (χ0) is 11.5. The van der Waals surface area contributed by atoms with Gasteiger partial charge >= 0.3 is 5.97 Å². The molecule has 4 nitrogen and oxygen atoms in total. The summed E-state index contributed by atoms with van der Waals surface area (Å²) in [5, 5.41) is 1.12. The van der Waals surface area contributed by atoms with Crippen LogP contribution < -0.4 is 5.73 Å². The number of carbonyl (C=O) groups is 1. The number of hydrogen-bond donors (Lipinski definition) is 2. The molecule has 2 aromatic rings. The van der Waals surface area contributed by atoms with Crippen LogP contribution in [0.2, 0.25) is 0 Å². The molecule has 0 aliphatic rings. The highest BCUT2D eigenvalue weighted by Gasteiger charge is 2.15. The number of aromatic amines is 1. The van der Waals surface area contributed by atoms with E-state index in [1.807, 2.05) is 30.5 Å². The minimum absolute atomic E-state index is 0.386. The number of para-hydroxylation sites is 1. The molecular weight excluding hydrogens is 204 g/mol. The van der Waals surface area contributed by atoms with Crippen LogP contribution in [-0.4, -0.2) is 24.1 Å². The predicted octanol–water partition coefficient (Wildman–Crippen LogP) is 1.21. The van der Waals surface area contributed by atoms with Crippen molar-refractivity contribution in [3.63, 3.8) is 0 Å². The second-order valence-electron chi connectivity index (χ2n) is 3.69. The molecule has 3 N–H and O–H groups in total. The molecular formula is C12H14N2O2. The van der Waals surface area contributed by atoms with Crippen LogP contribution in [0.15, 0.2) is 30.5 Å². The maximum Gasteiger partial charge on any atom is 0.322 e. The van der Waals surface area contributed by atoms with Gasteiger partial charge in [0.15, 0.2) is 0 Å². The molecule has 1 aromatic carbocycles. The molecule has 84 valence electrons. The molecule has 1 unspecified atom stereocenters. The number of fused-ring (bicyclic) bond motifs is 1. The third-order valence-electron chi connectivity index (χ3n) is 2.62. The normalized spacial score (nSPS) is 12.6. The van der Waals surface area contributed by atoms with Crippen LogP contribution in [0, 0.1) is 0 Å². The van der Waals surface area contributed by atoms with Crippen LogP contribution in [0.25, 0.3) is 10.9 Å². The number of esters is 1. The first-order chi connectivity index (χ1) is 7.72. The van der Waals surface area contributed by atoms with Gasteiger partial charge in [0.05, 0.1) is 7.11 Å². The summed E-state index contributed by atoms with van der Waals surface area (Å²) in [7, 11) is 1.34. The van der Waals surface area contributed by atoms with E-state index in [0.29, 0.717) is 6.42 Å². The molecule has 0 radical (unpaired) electrons. The van der Waals surface area contributed by atoms with Gasteiger partial charge < -0.3 is 15.5 Å². The highest BCUT2D eigenvalue weighted by molar-refractivity contribution is 5.83. The number of carbonyl (C=O) groups excluding carboxylic acids is 1. The Labute approximate surface area is 93.4 Å². The Morgan fingerprint density at radius 3 is 3.06 bits per heavy atom. The lowest BCUT2D eigenvalue weighted by atomic mass is 10.0. The maximum atomic E-state index is 11.2. The number of nitrogens with two attached hydrogens (primary N) is 1. The fraction of sp³-hybridized carbons (Fsp3) is 0.250. The highest BCUT2D eigenvalue weighted by Crippen LogP contribution is 2.18. The van der Waals surface area contributed by atoms with Crippen LogP contribution in [0.4, 0.5) is 0 Å². The van der Waals surface area contributed by atoms with Gasteiger partial charge in [-0.1, -0.05) is 18.2 Å². The molecule has 2 rings (SSSR count). The number of benzene rings is 1. The average Bonchev–Trinajstić information content (AvgIpc) is 2.77. The van der Waals surface area contributed by atoms with Crippen LogP contribution in [0.1, 0.15) is 5.56 Å². The van der Waals surface area contributed by atoms with Crippen LogP contribution in [-0.2, 0) is 16.0 Å². The van der Waals surface area contributed by atoms with Crippen molar-refractivity contribution in [2.75, 3.05) is 7.11 Å². The Morgan fingerprint density at radius 2 is 2.31 bits per heavy atom. The summed E-state index contributed by atoms with van der Waals surface area (Å²) in [6.45, 7) is 0. The fourth-order valence-electron chi connectivity index (χ4n) is 1.79. The van der Waals surface area contributed by atoms with Gasteiger partial charge in [0, 0.05) is 18.1 Å². The number of nitrogens with one attached hydrogen (secondary N) is 1. The summed E-state index contributed by atoms with van der Waals surface area (Å²) in [6, 6.07) is 7.30. The number of H-pyrrole nitrogens is 1. The summed E-state index contributed by atoms with van der Waals surface area (Å²) in [5.41, 5.74) is 7.79. The Balaban J connectivity index is 2.27. The zero-order valence-electron chi connectivity index (χ0n) is 9.07. The number of aromatic nitrogens is 1. The molecule has 1 heterocycles. The van der Waals surface area contributed by atoms with Crippen LogP contribution in [0.5, 0.6) is 0 Å². The quantitative estimate of drug-likeness (QED) is 0.761. The van der Waals surface area contributed by atoms with Crippen molar-refractivity contribution in [3.8, 4) is 0 Å². The summed E-state index contributed by atoms with van der Waals surface area (Å²) < 4.78 is 4.60. The van der Waals surface area contributed by atoms with E-state index in [0.717, 1.165) is 16.5 Å². The van der Waals surface area contributed by atoms with Crippen molar-refractivity contribution in [3.05, 3.63) is 36.0 Å². The molecule has 0 fully saturated rings. The van der Waals surface area contributed by atoms with Gasteiger partial charge in [-0.25, -0.2) is 0 Å². The number of ether oxygens (including phenoxy) is 1. The lowest BCUT2D eigenvalue weighted by molar-refractivity contribution is -0.142. The van der Waals surface area contributed by atoms with E-state index in [1.54, 1.807) is 0 Å². The lowest BCUT2D eigenvalue weighted by Gasteiger charge is -2.09. The molecule has 0 aliphatic heterocycles. The molecule has 0 amide bonds. The fourth-order valence-corrected chi connectivity index (χ4v) is 1.79. The number of hydrogen-bond acceptors (Lipinski definition) is 3. The van der Waals surface area contributed by atoms with Gasteiger partial charge in [-0.05, 0) is 17.0 Å². The smallest absolute Gasteiger partial charge is 0.322 e. The largest absolute Gasteiger partial charge is 0.468 e. The summed E-state index contributed by atoms with van der Waals surface area (Å²) in [6.07, 6.45) is 2.35. The standard InChI is InChI=1S/C12H14N2O2/c1-16-12(15)10(13)7-9-4-2-3-8-5-6-14-11(8)9/h2-6,10,14H,7,13H2,1H3. The third-order valence-corrected chi connectivity index (χ3v) is 2.62. The first kappa shape index (κ1) is 10.7. The van der Waals surface area contributed by atoms with Gasteiger partial charge in [0.2, 0.25) is 0 Å². The lowest BCUT2D eigenvalue weighted by Crippen LogP contribution is -2.33. The molecule has 16 heavy (non-hydrogen) atoms. The molecule has 0 spiro atoms. The summed E-state index contributed by atoms with van der Waals surface area (Å²) >= 11 is 0. The molecule has 1 atom stereocenters. The number of methoxy groups -OCH3 is 1. The topological polar surface area (TPSA) is 68.1 Å². The zero-order valence-corrected chi connectivity index (χ0v) is 9.07. The Morgan fingerprint density at radius 1 is 1.50 bits per heavy atom. The first-order valence-electron chi connectivity index (χ1n) is 5.11. The highest BCUT2D eigenvalue weighted by atomic mass is 16.5.